The van der Waals surface area contributed by atoms with Gasteiger partial charge in [0.1, 0.15) is 5.69 Å². The molecule has 0 unspecified atom stereocenters. The van der Waals surface area contributed by atoms with E-state index < -0.39 is 5.97 Å². The number of aromatic nitrogens is 1. The first-order chi connectivity index (χ1) is 8.65. The van der Waals surface area contributed by atoms with E-state index in [4.69, 9.17) is 0 Å². The van der Waals surface area contributed by atoms with Crippen molar-refractivity contribution in [3.63, 3.8) is 0 Å². The van der Waals surface area contributed by atoms with Crippen LogP contribution in [0.5, 0.6) is 0 Å². The maximum atomic E-state index is 11.2. The fraction of sp³-hybridized carbons (Fsp3) is 0. The Morgan fingerprint density at radius 3 is 2.89 bits per heavy atom. The molecule has 2 aromatic heterocycles. The molecule has 1 aromatic carbocycles. The lowest BCUT2D eigenvalue weighted by Crippen LogP contribution is -2.05. The van der Waals surface area contributed by atoms with Gasteiger partial charge in [0.25, 0.3) is 0 Å². The smallest absolute Gasteiger partial charge is 0.352 e. The molecule has 0 atom stereocenters. The van der Waals surface area contributed by atoms with Crippen LogP contribution >= 0.6 is 33.9 Å². The van der Waals surface area contributed by atoms with Gasteiger partial charge < -0.3 is 9.67 Å². The van der Waals surface area contributed by atoms with Crippen molar-refractivity contribution in [2.24, 2.45) is 0 Å². The summed E-state index contributed by atoms with van der Waals surface area (Å²) in [6, 6.07) is 9.68. The molecule has 18 heavy (non-hydrogen) atoms. The summed E-state index contributed by atoms with van der Waals surface area (Å²) < 4.78 is 3.83. The minimum atomic E-state index is -0.914. The lowest BCUT2D eigenvalue weighted by Gasteiger charge is -2.06. The second kappa shape index (κ2) is 4.40. The Balaban J connectivity index is 2.21. The summed E-state index contributed by atoms with van der Waals surface area (Å²) in [5.41, 5.74) is 1.16. The molecule has 3 aromatic rings. The summed E-state index contributed by atoms with van der Waals surface area (Å²) >= 11 is 3.80. The fourth-order valence-corrected chi connectivity index (χ4v) is 3.26. The van der Waals surface area contributed by atoms with E-state index in [1.54, 1.807) is 22.0 Å². The zero-order chi connectivity index (χ0) is 12.7. The van der Waals surface area contributed by atoms with Crippen LogP contribution in [-0.4, -0.2) is 15.6 Å². The largest absolute Gasteiger partial charge is 0.477 e. The summed E-state index contributed by atoms with van der Waals surface area (Å²) in [7, 11) is 0. The van der Waals surface area contributed by atoms with Crippen LogP contribution in [0.4, 0.5) is 0 Å². The van der Waals surface area contributed by atoms with Gasteiger partial charge in [-0.15, -0.1) is 11.3 Å². The zero-order valence-electron chi connectivity index (χ0n) is 9.13. The number of rotatable bonds is 2. The van der Waals surface area contributed by atoms with Crippen LogP contribution in [-0.2, 0) is 0 Å². The summed E-state index contributed by atoms with van der Waals surface area (Å²) in [6.07, 6.45) is 1.83. The van der Waals surface area contributed by atoms with E-state index >= 15 is 0 Å². The Morgan fingerprint density at radius 2 is 2.11 bits per heavy atom. The van der Waals surface area contributed by atoms with Gasteiger partial charge in [0.15, 0.2) is 0 Å². The van der Waals surface area contributed by atoms with Crippen molar-refractivity contribution < 1.29 is 9.90 Å². The number of benzene rings is 1. The van der Waals surface area contributed by atoms with Crippen LogP contribution in [0.1, 0.15) is 10.5 Å². The van der Waals surface area contributed by atoms with Crippen molar-refractivity contribution in [3.05, 3.63) is 51.2 Å². The highest BCUT2D eigenvalue weighted by atomic mass is 127. The molecule has 0 aliphatic carbocycles. The number of hydrogen-bond donors (Lipinski definition) is 1. The van der Waals surface area contributed by atoms with E-state index in [0.29, 0.717) is 0 Å². The quantitative estimate of drug-likeness (QED) is 0.694. The molecule has 0 saturated carbocycles. The van der Waals surface area contributed by atoms with Crippen LogP contribution in [0.15, 0.2) is 41.9 Å². The molecule has 0 aliphatic heterocycles. The van der Waals surface area contributed by atoms with E-state index in [-0.39, 0.29) is 5.69 Å². The molecule has 0 fully saturated rings. The number of carbonyl (C=O) groups is 1. The third-order valence-corrected chi connectivity index (χ3v) is 4.21. The predicted octanol–water partition coefficient (Wildman–Crippen LogP) is 3.99. The van der Waals surface area contributed by atoms with E-state index in [2.05, 4.69) is 22.6 Å². The Kier molecular flexibility index (Phi) is 2.87. The van der Waals surface area contributed by atoms with Crippen LogP contribution < -0.4 is 0 Å². The topological polar surface area (TPSA) is 42.2 Å². The van der Waals surface area contributed by atoms with E-state index in [0.717, 1.165) is 14.6 Å². The van der Waals surface area contributed by atoms with Crippen LogP contribution in [0.2, 0.25) is 0 Å². The Labute approximate surface area is 121 Å². The molecule has 0 saturated heterocycles. The lowest BCUT2D eigenvalue weighted by molar-refractivity contribution is 0.0688. The first-order valence-corrected chi connectivity index (χ1v) is 7.20. The molecule has 3 nitrogen and oxygen atoms in total. The van der Waals surface area contributed by atoms with Gasteiger partial charge in [-0.1, -0.05) is 0 Å². The maximum Gasteiger partial charge on any atom is 0.352 e. The first-order valence-electron chi connectivity index (χ1n) is 5.24. The Morgan fingerprint density at radius 1 is 1.28 bits per heavy atom. The number of fused-ring (bicyclic) bond motifs is 1. The SMILES string of the molecule is O=C(O)c1cc(I)cn1-c1ccc2sccc2c1. The molecule has 1 N–H and O–H groups in total. The second-order valence-corrected chi connectivity index (χ2v) is 6.05. The van der Waals surface area contributed by atoms with Gasteiger partial charge in [0.2, 0.25) is 0 Å². The highest BCUT2D eigenvalue weighted by Crippen LogP contribution is 2.25. The third-order valence-electron chi connectivity index (χ3n) is 2.72. The number of nitrogens with zero attached hydrogens (tertiary/aromatic N) is 1. The molecule has 2 heterocycles. The standard InChI is InChI=1S/C13H8INO2S/c14-9-6-11(13(16)17)15(7-9)10-1-2-12-8(5-10)3-4-18-12/h1-7H,(H,16,17). The van der Waals surface area contributed by atoms with Crippen molar-refractivity contribution in [2.75, 3.05) is 0 Å². The van der Waals surface area contributed by atoms with Crippen molar-refractivity contribution in [2.45, 2.75) is 0 Å². The summed E-state index contributed by atoms with van der Waals surface area (Å²) in [6.45, 7) is 0. The molecule has 0 spiro atoms. The number of halogens is 1. The van der Waals surface area contributed by atoms with Crippen LogP contribution in [0.3, 0.4) is 0 Å². The number of carboxylic acid groups (broad SMARTS) is 1. The molecule has 90 valence electrons. The summed E-state index contributed by atoms with van der Waals surface area (Å²) in [4.78, 5) is 11.2. The number of carboxylic acids is 1. The van der Waals surface area contributed by atoms with E-state index in [1.807, 2.05) is 35.8 Å². The van der Waals surface area contributed by atoms with Gasteiger partial charge >= 0.3 is 5.97 Å². The van der Waals surface area contributed by atoms with Gasteiger partial charge in [-0.2, -0.15) is 0 Å². The van der Waals surface area contributed by atoms with Crippen molar-refractivity contribution in [1.29, 1.82) is 0 Å². The predicted molar refractivity (Wildman–Crippen MR) is 80.8 cm³/mol. The van der Waals surface area contributed by atoms with Crippen molar-refractivity contribution in [1.82, 2.24) is 4.57 Å². The molecule has 0 aliphatic rings. The lowest BCUT2D eigenvalue weighted by atomic mass is 10.2. The highest BCUT2D eigenvalue weighted by Gasteiger charge is 2.13. The number of hydrogen-bond acceptors (Lipinski definition) is 2. The van der Waals surface area contributed by atoms with Gasteiger partial charge in [-0.3, -0.25) is 0 Å². The second-order valence-electron chi connectivity index (χ2n) is 3.86. The normalized spacial score (nSPS) is 10.9. The van der Waals surface area contributed by atoms with Crippen LogP contribution in [0.25, 0.3) is 15.8 Å². The third kappa shape index (κ3) is 1.93. The Bertz CT molecular complexity index is 744. The number of aromatic carboxylic acids is 1. The summed E-state index contributed by atoms with van der Waals surface area (Å²) in [5.74, 6) is -0.914. The van der Waals surface area contributed by atoms with Gasteiger partial charge in [-0.25, -0.2) is 4.79 Å². The average Bonchev–Trinajstić information content (AvgIpc) is 2.93. The summed E-state index contributed by atoms with van der Waals surface area (Å²) in [5, 5.41) is 12.4. The molecule has 0 amide bonds. The van der Waals surface area contributed by atoms with Gasteiger partial charge in [0.05, 0.1) is 0 Å². The van der Waals surface area contributed by atoms with E-state index in [1.165, 1.54) is 4.70 Å². The monoisotopic (exact) mass is 369 g/mol. The molecule has 0 radical (unpaired) electrons. The van der Waals surface area contributed by atoms with E-state index in [9.17, 15) is 9.90 Å². The first kappa shape index (κ1) is 11.7. The Hall–Kier alpha value is -1.34. The van der Waals surface area contributed by atoms with Crippen LogP contribution in [0, 0.1) is 3.57 Å². The number of thiophene rings is 1. The van der Waals surface area contributed by atoms with Gasteiger partial charge in [0, 0.05) is 20.2 Å². The fourth-order valence-electron chi connectivity index (χ4n) is 1.91. The maximum absolute atomic E-state index is 11.2. The highest BCUT2D eigenvalue weighted by molar-refractivity contribution is 14.1. The minimum Gasteiger partial charge on any atom is -0.477 e. The van der Waals surface area contributed by atoms with Crippen molar-refractivity contribution in [3.8, 4) is 5.69 Å². The zero-order valence-corrected chi connectivity index (χ0v) is 12.1. The average molecular weight is 369 g/mol. The molecular formula is C13H8INO2S. The minimum absolute atomic E-state index is 0.286. The molecule has 5 heteroatoms. The molecular weight excluding hydrogens is 361 g/mol. The molecule has 3 rings (SSSR count). The molecule has 0 bridgehead atoms. The van der Waals surface area contributed by atoms with Gasteiger partial charge in [-0.05, 0) is 63.7 Å². The van der Waals surface area contributed by atoms with Crippen molar-refractivity contribution >= 4 is 50.0 Å².